The summed E-state index contributed by atoms with van der Waals surface area (Å²) >= 11 is 0. The van der Waals surface area contributed by atoms with Crippen LogP contribution in [0.25, 0.3) is 0 Å². The molecule has 1 aromatic carbocycles. The number of carbonyl (C=O) groups is 2. The Morgan fingerprint density at radius 1 is 1.17 bits per heavy atom. The van der Waals surface area contributed by atoms with Crippen molar-refractivity contribution >= 4 is 33.3 Å². The van der Waals surface area contributed by atoms with E-state index in [0.717, 1.165) is 11.3 Å². The highest BCUT2D eigenvalue weighted by Gasteiger charge is 2.34. The molecule has 30 heavy (non-hydrogen) atoms. The van der Waals surface area contributed by atoms with Crippen molar-refractivity contribution in [1.29, 1.82) is 0 Å². The lowest BCUT2D eigenvalue weighted by Crippen LogP contribution is -2.51. The van der Waals surface area contributed by atoms with E-state index < -0.39 is 10.0 Å². The number of hydrogen-bond donors (Lipinski definition) is 2. The van der Waals surface area contributed by atoms with Crippen molar-refractivity contribution in [2.24, 2.45) is 0 Å². The van der Waals surface area contributed by atoms with E-state index in [2.05, 4.69) is 15.8 Å². The third-order valence-corrected chi connectivity index (χ3v) is 7.49. The maximum absolute atomic E-state index is 12.9. The Hall–Kier alpha value is -2.92. The van der Waals surface area contributed by atoms with Gasteiger partial charge in [0.1, 0.15) is 10.6 Å². The molecule has 160 valence electrons. The van der Waals surface area contributed by atoms with Crippen molar-refractivity contribution in [1.82, 2.24) is 14.4 Å². The topological polar surface area (TPSA) is 125 Å². The summed E-state index contributed by atoms with van der Waals surface area (Å²) in [4.78, 5) is 25.8. The van der Waals surface area contributed by atoms with Crippen molar-refractivity contribution in [2.75, 3.05) is 36.8 Å². The number of amides is 3. The van der Waals surface area contributed by atoms with Crippen LogP contribution in [0.15, 0.2) is 27.6 Å². The van der Waals surface area contributed by atoms with Crippen molar-refractivity contribution in [2.45, 2.75) is 31.6 Å². The molecule has 2 aromatic rings. The van der Waals surface area contributed by atoms with Gasteiger partial charge in [0.15, 0.2) is 5.76 Å². The predicted molar refractivity (Wildman–Crippen MR) is 109 cm³/mol. The number of nitrogens with one attached hydrogen (secondary N) is 2. The van der Waals surface area contributed by atoms with Crippen LogP contribution in [-0.4, -0.2) is 60.9 Å². The van der Waals surface area contributed by atoms with Crippen LogP contribution in [0.3, 0.4) is 0 Å². The van der Waals surface area contributed by atoms with E-state index >= 15 is 0 Å². The minimum absolute atomic E-state index is 0.0105. The molecule has 1 fully saturated rings. The van der Waals surface area contributed by atoms with Crippen LogP contribution in [0, 0.1) is 13.8 Å². The molecule has 0 saturated carbocycles. The molecule has 0 bridgehead atoms. The number of urea groups is 1. The number of aromatic nitrogens is 1. The lowest BCUT2D eigenvalue weighted by atomic mass is 10.0. The Bertz CT molecular complexity index is 1080. The molecular weight excluding hydrogens is 410 g/mol. The zero-order valence-corrected chi connectivity index (χ0v) is 17.6. The first-order valence-corrected chi connectivity index (χ1v) is 11.1. The van der Waals surface area contributed by atoms with E-state index in [-0.39, 0.29) is 48.8 Å². The quantitative estimate of drug-likeness (QED) is 0.759. The summed E-state index contributed by atoms with van der Waals surface area (Å²) in [6, 6.07) is 5.07. The summed E-state index contributed by atoms with van der Waals surface area (Å²) in [5.74, 6) is 0.250. The Morgan fingerprint density at radius 2 is 1.90 bits per heavy atom. The molecule has 0 unspecified atom stereocenters. The van der Waals surface area contributed by atoms with Crippen LogP contribution in [0.1, 0.15) is 23.4 Å². The SMILES string of the molecule is Cc1noc(C)c1S(=O)(=O)N1CCN(C(=O)Nc2ccc3c(c2)CCC(=O)N3)CC1. The van der Waals surface area contributed by atoms with Gasteiger partial charge in [-0.3, -0.25) is 4.79 Å². The van der Waals surface area contributed by atoms with Gasteiger partial charge in [0.2, 0.25) is 15.9 Å². The molecule has 0 spiro atoms. The van der Waals surface area contributed by atoms with Crippen molar-refractivity contribution in [3.8, 4) is 0 Å². The fourth-order valence-electron chi connectivity index (χ4n) is 3.77. The van der Waals surface area contributed by atoms with E-state index in [4.69, 9.17) is 4.52 Å². The molecule has 0 radical (unpaired) electrons. The van der Waals surface area contributed by atoms with Gasteiger partial charge in [-0.25, -0.2) is 13.2 Å². The number of fused-ring (bicyclic) bond motifs is 1. The van der Waals surface area contributed by atoms with E-state index in [1.807, 2.05) is 6.07 Å². The molecule has 1 saturated heterocycles. The highest BCUT2D eigenvalue weighted by Crippen LogP contribution is 2.27. The lowest BCUT2D eigenvalue weighted by Gasteiger charge is -2.34. The van der Waals surface area contributed by atoms with Gasteiger partial charge in [-0.2, -0.15) is 4.31 Å². The first-order valence-electron chi connectivity index (χ1n) is 9.67. The third kappa shape index (κ3) is 3.77. The lowest BCUT2D eigenvalue weighted by molar-refractivity contribution is -0.116. The summed E-state index contributed by atoms with van der Waals surface area (Å²) in [5, 5.41) is 9.38. The summed E-state index contributed by atoms with van der Waals surface area (Å²) in [7, 11) is -3.72. The summed E-state index contributed by atoms with van der Waals surface area (Å²) in [5.41, 5.74) is 2.71. The second kappa shape index (κ2) is 7.73. The number of hydrogen-bond acceptors (Lipinski definition) is 6. The molecule has 0 atom stereocenters. The normalized spacial score (nSPS) is 17.4. The van der Waals surface area contributed by atoms with Gasteiger partial charge in [0.05, 0.1) is 0 Å². The molecule has 10 nitrogen and oxygen atoms in total. The first kappa shape index (κ1) is 20.4. The van der Waals surface area contributed by atoms with Crippen LogP contribution in [0.2, 0.25) is 0 Å². The predicted octanol–water partition coefficient (Wildman–Crippen LogP) is 1.71. The van der Waals surface area contributed by atoms with Gasteiger partial charge in [0.25, 0.3) is 0 Å². The van der Waals surface area contributed by atoms with Crippen molar-refractivity contribution in [3.63, 3.8) is 0 Å². The van der Waals surface area contributed by atoms with Crippen molar-refractivity contribution in [3.05, 3.63) is 35.2 Å². The van der Waals surface area contributed by atoms with Crippen molar-refractivity contribution < 1.29 is 22.5 Å². The molecule has 4 rings (SSSR count). The number of benzene rings is 1. The molecule has 1 aromatic heterocycles. The van der Waals surface area contributed by atoms with Crippen LogP contribution < -0.4 is 10.6 Å². The maximum Gasteiger partial charge on any atom is 0.321 e. The number of piperazine rings is 1. The van der Waals surface area contributed by atoms with E-state index in [1.54, 1.807) is 30.9 Å². The Kier molecular flexibility index (Phi) is 5.24. The zero-order valence-electron chi connectivity index (χ0n) is 16.8. The number of aryl methyl sites for hydroxylation is 3. The summed E-state index contributed by atoms with van der Waals surface area (Å²) in [6.07, 6.45) is 1.05. The average Bonchev–Trinajstić information content (AvgIpc) is 3.07. The molecule has 0 aliphatic carbocycles. The van der Waals surface area contributed by atoms with Crippen LogP contribution >= 0.6 is 0 Å². The van der Waals surface area contributed by atoms with E-state index in [0.29, 0.717) is 24.2 Å². The summed E-state index contributed by atoms with van der Waals surface area (Å²) < 4.78 is 32.1. The first-order chi connectivity index (χ1) is 14.3. The van der Waals surface area contributed by atoms with Crippen LogP contribution in [0.4, 0.5) is 16.2 Å². The number of carbonyl (C=O) groups excluding carboxylic acids is 2. The van der Waals surface area contributed by atoms with Crippen LogP contribution in [0.5, 0.6) is 0 Å². The number of sulfonamides is 1. The Labute approximate surface area is 174 Å². The molecule has 2 aliphatic heterocycles. The monoisotopic (exact) mass is 433 g/mol. The Balaban J connectivity index is 1.39. The van der Waals surface area contributed by atoms with Gasteiger partial charge in [-0.1, -0.05) is 5.16 Å². The van der Waals surface area contributed by atoms with E-state index in [1.165, 1.54) is 4.31 Å². The largest absolute Gasteiger partial charge is 0.360 e. The minimum atomic E-state index is -3.72. The highest BCUT2D eigenvalue weighted by atomic mass is 32.2. The smallest absolute Gasteiger partial charge is 0.321 e. The molecule has 3 amide bonds. The molecular formula is C19H23N5O5S. The van der Waals surface area contributed by atoms with E-state index in [9.17, 15) is 18.0 Å². The van der Waals surface area contributed by atoms with Gasteiger partial charge in [-0.15, -0.1) is 0 Å². The fraction of sp³-hybridized carbons (Fsp3) is 0.421. The second-order valence-electron chi connectivity index (χ2n) is 7.39. The molecule has 2 aliphatic rings. The Morgan fingerprint density at radius 3 is 2.57 bits per heavy atom. The van der Waals surface area contributed by atoms with Gasteiger partial charge in [0, 0.05) is 44.0 Å². The number of nitrogens with zero attached hydrogens (tertiary/aromatic N) is 3. The minimum Gasteiger partial charge on any atom is -0.360 e. The zero-order chi connectivity index (χ0) is 21.5. The van der Waals surface area contributed by atoms with Crippen LogP contribution in [-0.2, 0) is 21.2 Å². The standard InChI is InChI=1S/C19H23N5O5S/c1-12-18(13(2)29-22-12)30(27,28)24-9-7-23(8-10-24)19(26)20-15-4-5-16-14(11-15)3-6-17(25)21-16/h4-5,11H,3,6-10H2,1-2H3,(H,20,26)(H,21,25). The summed E-state index contributed by atoms with van der Waals surface area (Å²) in [6.45, 7) is 4.09. The highest BCUT2D eigenvalue weighted by molar-refractivity contribution is 7.89. The molecule has 11 heteroatoms. The maximum atomic E-state index is 12.9. The molecule has 3 heterocycles. The number of rotatable bonds is 3. The van der Waals surface area contributed by atoms with Gasteiger partial charge in [-0.05, 0) is 44.0 Å². The third-order valence-electron chi connectivity index (χ3n) is 5.34. The van der Waals surface area contributed by atoms with Gasteiger partial charge >= 0.3 is 6.03 Å². The average molecular weight is 433 g/mol. The second-order valence-corrected chi connectivity index (χ2v) is 9.27. The fourth-order valence-corrected chi connectivity index (χ4v) is 5.48. The van der Waals surface area contributed by atoms with Gasteiger partial charge < -0.3 is 20.1 Å². The number of anilines is 2. The molecule has 2 N–H and O–H groups in total.